The normalized spacial score (nSPS) is 42.4. The first-order chi connectivity index (χ1) is 12.6. The number of carbonyl (C=O) groups excluding carboxylic acids is 1. The molecule has 0 aromatic heterocycles. The molecule has 0 bridgehead atoms. The summed E-state index contributed by atoms with van der Waals surface area (Å²) in [5, 5.41) is 15.3. The van der Waals surface area contributed by atoms with Gasteiger partial charge in [0.1, 0.15) is 0 Å². The Morgan fingerprint density at radius 1 is 1.19 bits per heavy atom. The first-order valence-electron chi connectivity index (χ1n) is 9.70. The molecule has 148 valence electrons. The van der Waals surface area contributed by atoms with E-state index in [0.29, 0.717) is 19.1 Å². The maximum atomic E-state index is 13.1. The summed E-state index contributed by atoms with van der Waals surface area (Å²) in [6, 6.07) is 0.472. The smallest absolute Gasteiger partial charge is 0.226 e. The minimum Gasteiger partial charge on any atom is -0.578 e. The number of carbonyl (C=O) groups is 1. The lowest BCUT2D eigenvalue weighted by molar-refractivity contribution is -0.128. The van der Waals surface area contributed by atoms with Crippen LogP contribution in [0.5, 0.6) is 0 Å². The highest BCUT2D eigenvalue weighted by Gasteiger charge is 2.41. The third-order valence-electron chi connectivity index (χ3n) is 5.94. The summed E-state index contributed by atoms with van der Waals surface area (Å²) in [5.74, 6) is -0.395. The van der Waals surface area contributed by atoms with Crippen molar-refractivity contribution in [1.29, 1.82) is 0 Å². The second-order valence-corrected chi connectivity index (χ2v) is 8.28. The molecule has 6 N–H and O–H groups in total. The van der Waals surface area contributed by atoms with Gasteiger partial charge in [-0.15, -0.1) is 11.6 Å². The molecule has 1 amide bonds. The number of hydrogen-bond donors (Lipinski definition) is 5. The van der Waals surface area contributed by atoms with Gasteiger partial charge in [-0.25, -0.2) is 0 Å². The molecule has 4 rings (SSSR count). The van der Waals surface area contributed by atoms with Crippen LogP contribution in [0.4, 0.5) is 0 Å². The monoisotopic (exact) mass is 385 g/mol. The molecule has 4 saturated heterocycles. The van der Waals surface area contributed by atoms with Gasteiger partial charge in [0.2, 0.25) is 5.91 Å². The van der Waals surface area contributed by atoms with Gasteiger partial charge in [-0.3, -0.25) is 9.69 Å². The van der Waals surface area contributed by atoms with Gasteiger partial charge < -0.3 is 37.4 Å². The van der Waals surface area contributed by atoms with E-state index in [1.54, 1.807) is 0 Å². The Hall–Kier alpha value is -0.520. The standard InChI is InChI=1S/C16H30ClN8O/c17-10-7-21-15-13(14(18)23-25(15)9-10)16(26)22-11-8-20-2-1-12(11)24-5-3-19-4-6-24/h10-15,19-21H,1-9,18H2,(H,22,26)/q-1. The topological polar surface area (TPSA) is 112 Å². The maximum absolute atomic E-state index is 13.1. The number of nitrogens with one attached hydrogen (secondary N) is 4. The Bertz CT molecular complexity index is 505. The highest BCUT2D eigenvalue weighted by molar-refractivity contribution is 6.21. The minimum absolute atomic E-state index is 0.0105. The molecule has 4 aliphatic rings. The zero-order valence-electron chi connectivity index (χ0n) is 15.0. The van der Waals surface area contributed by atoms with Crippen LogP contribution >= 0.6 is 11.6 Å². The number of rotatable bonds is 3. The fraction of sp³-hybridized carbons (Fsp3) is 0.938. The molecule has 26 heavy (non-hydrogen) atoms. The van der Waals surface area contributed by atoms with Crippen molar-refractivity contribution in [2.24, 2.45) is 11.7 Å². The van der Waals surface area contributed by atoms with Crippen LogP contribution in [0.25, 0.3) is 5.43 Å². The second kappa shape index (κ2) is 8.24. The van der Waals surface area contributed by atoms with E-state index in [2.05, 4.69) is 31.6 Å². The summed E-state index contributed by atoms with van der Waals surface area (Å²) in [6.07, 6.45) is 0.367. The number of nitrogens with two attached hydrogens (primary N) is 1. The van der Waals surface area contributed by atoms with Crippen LogP contribution in [0.1, 0.15) is 6.42 Å². The number of alkyl halides is 1. The highest BCUT2D eigenvalue weighted by Crippen LogP contribution is 2.31. The van der Waals surface area contributed by atoms with Gasteiger partial charge in [0.15, 0.2) is 0 Å². The fourth-order valence-electron chi connectivity index (χ4n) is 4.62. The van der Waals surface area contributed by atoms with Crippen molar-refractivity contribution >= 4 is 17.5 Å². The molecule has 4 fully saturated rings. The van der Waals surface area contributed by atoms with Crippen molar-refractivity contribution in [3.05, 3.63) is 5.43 Å². The van der Waals surface area contributed by atoms with Crippen LogP contribution in [-0.2, 0) is 4.79 Å². The molecule has 4 heterocycles. The van der Waals surface area contributed by atoms with E-state index < -0.39 is 6.17 Å². The van der Waals surface area contributed by atoms with Crippen LogP contribution in [0.15, 0.2) is 0 Å². The minimum atomic E-state index is -0.524. The van der Waals surface area contributed by atoms with Crippen LogP contribution in [0.3, 0.4) is 0 Å². The molecule has 0 radical (unpaired) electrons. The van der Waals surface area contributed by atoms with Gasteiger partial charge in [-0.1, -0.05) is 6.17 Å². The largest absolute Gasteiger partial charge is 0.578 e. The van der Waals surface area contributed by atoms with E-state index in [4.69, 9.17) is 17.3 Å². The van der Waals surface area contributed by atoms with Crippen molar-refractivity contribution in [3.8, 4) is 0 Å². The van der Waals surface area contributed by atoms with Crippen molar-refractivity contribution < 1.29 is 4.79 Å². The zero-order valence-corrected chi connectivity index (χ0v) is 15.8. The van der Waals surface area contributed by atoms with Crippen LogP contribution in [-0.4, -0.2) is 98.0 Å². The number of fused-ring (bicyclic) bond motifs is 1. The van der Waals surface area contributed by atoms with E-state index in [0.717, 1.165) is 45.7 Å². The summed E-state index contributed by atoms with van der Waals surface area (Å²) in [7, 11) is 0. The first-order valence-corrected chi connectivity index (χ1v) is 10.1. The number of nitrogens with zero attached hydrogens (tertiary/aromatic N) is 3. The van der Waals surface area contributed by atoms with Crippen LogP contribution in [0, 0.1) is 5.92 Å². The molecule has 0 spiro atoms. The summed E-state index contributed by atoms with van der Waals surface area (Å²) in [4.78, 5) is 15.6. The Labute approximate surface area is 159 Å². The Morgan fingerprint density at radius 3 is 2.81 bits per heavy atom. The molecule has 0 aliphatic carbocycles. The van der Waals surface area contributed by atoms with Crippen LogP contribution in [0.2, 0.25) is 0 Å². The molecule has 0 saturated carbocycles. The average molecular weight is 386 g/mol. The molecule has 0 aromatic carbocycles. The fourth-order valence-corrected chi connectivity index (χ4v) is 4.85. The Morgan fingerprint density at radius 2 is 2.00 bits per heavy atom. The van der Waals surface area contributed by atoms with E-state index >= 15 is 0 Å². The van der Waals surface area contributed by atoms with Gasteiger partial charge in [0.25, 0.3) is 0 Å². The Kier molecular flexibility index (Phi) is 5.96. The number of hydrogen-bond acceptors (Lipinski definition) is 7. The maximum Gasteiger partial charge on any atom is 0.226 e. The molecule has 0 aromatic rings. The highest BCUT2D eigenvalue weighted by atomic mass is 35.5. The number of piperidine rings is 1. The van der Waals surface area contributed by atoms with Gasteiger partial charge in [-0.05, 0) is 19.5 Å². The lowest BCUT2D eigenvalue weighted by Gasteiger charge is -2.44. The first kappa shape index (κ1) is 18.8. The van der Waals surface area contributed by atoms with E-state index in [-0.39, 0.29) is 29.4 Å². The lowest BCUT2D eigenvalue weighted by Crippen LogP contribution is -2.64. The van der Waals surface area contributed by atoms with Gasteiger partial charge in [0.05, 0.1) is 23.5 Å². The summed E-state index contributed by atoms with van der Waals surface area (Å²) in [6.45, 7) is 7.18. The van der Waals surface area contributed by atoms with Crippen molar-refractivity contribution in [2.45, 2.75) is 36.2 Å². The van der Waals surface area contributed by atoms with E-state index in [1.807, 2.05) is 5.01 Å². The second-order valence-electron chi connectivity index (χ2n) is 7.67. The van der Waals surface area contributed by atoms with Gasteiger partial charge >= 0.3 is 0 Å². The molecule has 10 heteroatoms. The molecule has 6 unspecified atom stereocenters. The number of halogens is 1. The molecule has 6 atom stereocenters. The van der Waals surface area contributed by atoms with Gasteiger partial charge in [0, 0.05) is 45.3 Å². The average Bonchev–Trinajstić information content (AvgIpc) is 2.97. The van der Waals surface area contributed by atoms with Crippen molar-refractivity contribution in [3.63, 3.8) is 0 Å². The summed E-state index contributed by atoms with van der Waals surface area (Å²) in [5.41, 5.74) is 10.6. The summed E-state index contributed by atoms with van der Waals surface area (Å²) < 4.78 is 0. The third kappa shape index (κ3) is 3.85. The van der Waals surface area contributed by atoms with Crippen molar-refractivity contribution in [2.75, 3.05) is 52.4 Å². The molecular weight excluding hydrogens is 356 g/mol. The number of piperazine rings is 1. The third-order valence-corrected chi connectivity index (χ3v) is 6.23. The quantitative estimate of drug-likeness (QED) is 0.350. The molecule has 4 aliphatic heterocycles. The van der Waals surface area contributed by atoms with E-state index in [1.165, 1.54) is 0 Å². The predicted octanol–water partition coefficient (Wildman–Crippen LogP) is -2.22. The van der Waals surface area contributed by atoms with Crippen LogP contribution < -0.4 is 27.0 Å². The van der Waals surface area contributed by atoms with Gasteiger partial charge in [-0.2, -0.15) is 0 Å². The predicted molar refractivity (Wildman–Crippen MR) is 101 cm³/mol. The SMILES string of the molecule is NC1[N-]N2CC(Cl)CNC2C1C(=O)NC1CNCCC1N1CCNCC1. The number of amides is 1. The lowest BCUT2D eigenvalue weighted by atomic mass is 9.96. The van der Waals surface area contributed by atoms with Crippen molar-refractivity contribution in [1.82, 2.24) is 31.2 Å². The Balaban J connectivity index is 1.41. The molecular formula is C16H30ClN8O-. The van der Waals surface area contributed by atoms with E-state index in [9.17, 15) is 4.79 Å². The zero-order chi connectivity index (χ0) is 18.1. The molecule has 9 nitrogen and oxygen atoms in total. The summed E-state index contributed by atoms with van der Waals surface area (Å²) >= 11 is 6.19.